The molecule has 29 atom stereocenters. The molecule has 1 N–H and O–H groups in total. The number of hydrogen-bond acceptors (Lipinski definition) is 8. The Kier molecular flexibility index (Phi) is 60.2. The molecule has 0 radical (unpaired) electrons. The Morgan fingerprint density at radius 3 is 0.968 bits per heavy atom. The molecule has 2 spiro atoms. The first kappa shape index (κ1) is 105. The fourth-order valence-electron chi connectivity index (χ4n) is 8.58. The Morgan fingerprint density at radius 1 is 0.376 bits per heavy atom. The van der Waals surface area contributed by atoms with E-state index in [1.54, 1.807) is 18.2 Å². The summed E-state index contributed by atoms with van der Waals surface area (Å²) >= 11 is 17.2. The number of aromatic nitrogens is 2. The quantitative estimate of drug-likeness (QED) is 0.0623. The standard InChI is InChI=1S/C14H15ClN2O2.C7H3Cl2NO.C7H13NO.H56P54/c15-10-2-3-12-11(8-10)16-13(19-12)17-6-7-18-14(9-17)4-1-5-14;8-4-1-2-6-5(3-4)10-7(9)11-6;1-2-7(3-1)6-8-4-5-9-7;1-29(2)43(30(3)4)50(44(31(5)6)32(7)8)53(49(41(25)26)42(27)28)54(51(45(33(9)10)34(11)12)46(35(13)14)36(15)16)52(47(37(17)18)38(19)20)48(39(21)22)40(23)24/h2-3,8H,1,4-7,9H2;1-3H;8H,1-6H2;1-28H2. The summed E-state index contributed by atoms with van der Waals surface area (Å²) in [4.78, 5) is 10.6. The van der Waals surface area contributed by atoms with E-state index in [1.165, 1.54) is 25.7 Å². The fraction of sp³-hybridized carbons (Fsp3) is 0.500. The van der Waals surface area contributed by atoms with Gasteiger partial charge >= 0.3 is 0 Å². The average Bonchev–Trinajstić information content (AvgIpc) is 1.30. The molecule has 4 heterocycles. The number of rotatable bonds is 26. The van der Waals surface area contributed by atoms with Crippen LogP contribution >= 0.6 is 466 Å². The minimum Gasteiger partial charge on any atom is -0.428 e. The summed E-state index contributed by atoms with van der Waals surface area (Å²) in [6.45, 7) is 0.508. The second-order valence-corrected chi connectivity index (χ2v) is 242. The van der Waals surface area contributed by atoms with Gasteiger partial charge in [0.1, 0.15) is 11.0 Å². The monoisotopic (exact) mass is 2320 g/mol. The van der Waals surface area contributed by atoms with Gasteiger partial charge in [0.25, 0.3) is 11.4 Å². The number of benzene rings is 2. The van der Waals surface area contributed by atoms with Gasteiger partial charge < -0.3 is 28.5 Å². The van der Waals surface area contributed by atoms with Crippen LogP contribution in [-0.2, 0) is 9.47 Å². The Labute approximate surface area is 665 Å². The maximum Gasteiger partial charge on any atom is 0.298 e. The van der Waals surface area contributed by atoms with E-state index in [4.69, 9.17) is 53.1 Å². The molecular formula is C28H87Cl3N4O4P54. The van der Waals surface area contributed by atoms with Gasteiger partial charge in [0, 0.05) is 29.7 Å². The van der Waals surface area contributed by atoms with Crippen molar-refractivity contribution in [2.24, 2.45) is 0 Å². The van der Waals surface area contributed by atoms with Gasteiger partial charge in [-0.3, -0.25) is 0 Å². The summed E-state index contributed by atoms with van der Waals surface area (Å²) in [5.41, 5.74) is 3.28. The van der Waals surface area contributed by atoms with E-state index < -0.39 is 0 Å². The van der Waals surface area contributed by atoms with Gasteiger partial charge in [0.2, 0.25) is 0 Å². The lowest BCUT2D eigenvalue weighted by atomic mass is 9.79. The highest BCUT2D eigenvalue weighted by Crippen LogP contribution is 3.47. The largest absolute Gasteiger partial charge is 0.428 e. The van der Waals surface area contributed by atoms with Crippen LogP contribution in [0.4, 0.5) is 6.01 Å². The number of hydrogen-bond donors (Lipinski definition) is 1. The highest BCUT2D eigenvalue weighted by Gasteiger charge is 2.60. The zero-order valence-electron chi connectivity index (χ0n) is 49.4. The number of nitrogens with zero attached hydrogens (tertiary/aromatic N) is 3. The maximum absolute atomic E-state index is 5.98. The van der Waals surface area contributed by atoms with E-state index in [2.05, 4.69) is 270 Å². The van der Waals surface area contributed by atoms with Crippen molar-refractivity contribution in [3.8, 4) is 0 Å². The summed E-state index contributed by atoms with van der Waals surface area (Å²) in [5, 5.41) is 4.81. The first-order valence-corrected chi connectivity index (χ1v) is 125. The second kappa shape index (κ2) is 53.5. The van der Waals surface area contributed by atoms with Gasteiger partial charge in [-0.05, 0) is 268 Å². The Morgan fingerprint density at radius 2 is 0.677 bits per heavy atom. The van der Waals surface area contributed by atoms with E-state index in [1.807, 2.05) is 18.2 Å². The molecule has 0 amide bonds. The molecule has 2 aromatic carbocycles. The third-order valence-electron chi connectivity index (χ3n) is 12.5. The third kappa shape index (κ3) is 33.2. The van der Waals surface area contributed by atoms with Crippen LogP contribution in [0, 0.1) is 0 Å². The molecule has 2 aliphatic heterocycles. The average molecular weight is 2320 g/mol. The molecular weight excluding hydrogens is 2240 g/mol. The van der Waals surface area contributed by atoms with Gasteiger partial charge in [-0.2, -0.15) is 9.97 Å². The van der Waals surface area contributed by atoms with Crippen molar-refractivity contribution in [1.82, 2.24) is 15.3 Å². The van der Waals surface area contributed by atoms with Crippen LogP contribution in [-0.4, -0.2) is 60.6 Å². The summed E-state index contributed by atoms with van der Waals surface area (Å²) in [5.74, 6) is 0. The van der Waals surface area contributed by atoms with Crippen molar-refractivity contribution in [2.75, 3.05) is 44.3 Å². The lowest BCUT2D eigenvalue weighted by Crippen LogP contribution is -2.55. The molecule has 0 bridgehead atoms. The first-order valence-electron chi connectivity index (χ1n) is 25.7. The van der Waals surface area contributed by atoms with Crippen LogP contribution in [0.5, 0.6) is 0 Å². The van der Waals surface area contributed by atoms with E-state index in [-0.39, 0.29) is 198 Å². The van der Waals surface area contributed by atoms with Gasteiger partial charge in [0.15, 0.2) is 11.2 Å². The van der Waals surface area contributed by atoms with Crippen LogP contribution < -0.4 is 10.2 Å². The highest BCUT2D eigenvalue weighted by molar-refractivity contribution is 9.53. The van der Waals surface area contributed by atoms with Crippen LogP contribution in [0.1, 0.15) is 38.5 Å². The predicted octanol–water partition coefficient (Wildman–Crippen LogP) is 38.4. The number of morpholine rings is 2. The normalized spacial score (nSPS) is 17.6. The molecule has 8 rings (SSSR count). The highest BCUT2D eigenvalue weighted by atomic mass is 35.5. The zero-order chi connectivity index (χ0) is 69.9. The van der Waals surface area contributed by atoms with Gasteiger partial charge in [-0.1, -0.05) is 23.2 Å². The first-order chi connectivity index (χ1) is 43.4. The summed E-state index contributed by atoms with van der Waals surface area (Å²) in [6, 6.07) is 11.4. The van der Waals surface area contributed by atoms with Crippen molar-refractivity contribution in [3.05, 3.63) is 51.8 Å². The molecule has 534 valence electrons. The number of ether oxygens (including phenoxy) is 2. The van der Waals surface area contributed by atoms with E-state index in [0.717, 1.165) is 63.3 Å². The van der Waals surface area contributed by atoms with E-state index in [0.29, 0.717) is 27.2 Å². The lowest BCUT2D eigenvalue weighted by molar-refractivity contribution is -0.115. The summed E-state index contributed by atoms with van der Waals surface area (Å²) in [7, 11) is 98.3. The topological polar surface area (TPSA) is 85.8 Å². The number of anilines is 1. The summed E-state index contributed by atoms with van der Waals surface area (Å²) < 4.78 is 22.4. The molecule has 93 heavy (non-hydrogen) atoms. The second-order valence-electron chi connectivity index (χ2n) is 19.1. The van der Waals surface area contributed by atoms with Gasteiger partial charge in [-0.15, -0.1) is 250 Å². The Bertz CT molecular complexity index is 2670. The van der Waals surface area contributed by atoms with Crippen LogP contribution in [0.15, 0.2) is 45.2 Å². The molecule has 29 unspecified atom stereocenters. The number of nitrogens with one attached hydrogen (secondary N) is 1. The smallest absolute Gasteiger partial charge is 0.298 e. The Hall–Kier alpha value is 21.1. The van der Waals surface area contributed by atoms with Crippen molar-refractivity contribution < 1.29 is 18.3 Å². The molecule has 65 heteroatoms. The van der Waals surface area contributed by atoms with Crippen LogP contribution in [0.25, 0.3) is 22.2 Å². The third-order valence-corrected chi connectivity index (χ3v) is 385. The minimum atomic E-state index is -0.233. The molecule has 2 saturated carbocycles. The van der Waals surface area contributed by atoms with Crippen LogP contribution in [0.3, 0.4) is 0 Å². The number of fused-ring (bicyclic) bond motifs is 2. The van der Waals surface area contributed by atoms with Gasteiger partial charge in [0.05, 0.1) is 31.0 Å². The molecule has 4 aromatic rings. The molecule has 2 saturated heterocycles. The SMILES string of the molecule is C1CC2(C1)CNCCO2.Clc1ccc2oc(Cl)nc2c1.Clc1ccc2oc(N3CCOC4(CCC4)C3)nc2c1.PP(P)P(P(P)P)P(P(P(P)P)P(P)P)P(P(P(P)P)P(P)P)P(P(P(P(P)P)P(P)P)P(P(P)P)P(P)P)P(P(P(P)P)P(P)P)P(P(P)P)P(P)P. The maximum atomic E-state index is 5.98. The predicted molar refractivity (Wildman–Crippen MR) is 605 cm³/mol. The van der Waals surface area contributed by atoms with Crippen molar-refractivity contribution in [3.63, 3.8) is 0 Å². The number of halogens is 3. The molecule has 2 aromatic heterocycles. The fourth-order valence-corrected chi connectivity index (χ4v) is 784. The van der Waals surface area contributed by atoms with Gasteiger partial charge in [-0.25, -0.2) is 0 Å². The van der Waals surface area contributed by atoms with Crippen molar-refractivity contribution in [2.45, 2.75) is 49.7 Å². The van der Waals surface area contributed by atoms with E-state index in [9.17, 15) is 0 Å². The Balaban J connectivity index is 0.000000311. The van der Waals surface area contributed by atoms with Crippen LogP contribution in [0.2, 0.25) is 15.4 Å². The molecule has 8 nitrogen and oxygen atoms in total. The summed E-state index contributed by atoms with van der Waals surface area (Å²) in [6.07, 6.45) is 7.48. The molecule has 4 aliphatic rings. The lowest BCUT2D eigenvalue weighted by Gasteiger charge is -2.59. The number of oxazole rings is 2. The van der Waals surface area contributed by atoms with Crippen molar-refractivity contribution >= 4 is 495 Å². The van der Waals surface area contributed by atoms with E-state index >= 15 is 0 Å². The molecule has 4 fully saturated rings. The van der Waals surface area contributed by atoms with Crippen molar-refractivity contribution in [1.29, 1.82) is 0 Å². The zero-order valence-corrected chi connectivity index (χ0v) is 107. The minimum absolute atomic E-state index is 0.0521. The molecule has 2 aliphatic carbocycles.